The van der Waals surface area contributed by atoms with Crippen molar-refractivity contribution in [3.05, 3.63) is 60.2 Å². The molecule has 0 radical (unpaired) electrons. The van der Waals surface area contributed by atoms with Gasteiger partial charge in [0.25, 0.3) is 0 Å². The normalized spacial score (nSPS) is 20.4. The Kier molecular flexibility index (Phi) is 7.77. The lowest BCUT2D eigenvalue weighted by atomic mass is 9.92. The number of thiocarbonyl (C=S) groups is 1. The highest BCUT2D eigenvalue weighted by Crippen LogP contribution is 2.32. The van der Waals surface area contributed by atoms with Crippen LogP contribution in [-0.2, 0) is 6.54 Å². The summed E-state index contributed by atoms with van der Waals surface area (Å²) in [6.45, 7) is 11.1. The second-order valence-corrected chi connectivity index (χ2v) is 11.5. The summed E-state index contributed by atoms with van der Waals surface area (Å²) < 4.78 is 10.9. The van der Waals surface area contributed by atoms with Gasteiger partial charge in [-0.15, -0.1) is 0 Å². The predicted molar refractivity (Wildman–Crippen MR) is 164 cm³/mol. The number of hydrogen-bond acceptors (Lipinski definition) is 8. The van der Waals surface area contributed by atoms with E-state index in [0.29, 0.717) is 29.4 Å². The van der Waals surface area contributed by atoms with E-state index < -0.39 is 0 Å². The zero-order valence-electron chi connectivity index (χ0n) is 23.2. The van der Waals surface area contributed by atoms with Gasteiger partial charge in [-0.2, -0.15) is 9.97 Å². The average Bonchev–Trinajstić information content (AvgIpc) is 3.44. The van der Waals surface area contributed by atoms with Crippen LogP contribution in [0.2, 0.25) is 0 Å². The van der Waals surface area contributed by atoms with E-state index in [-0.39, 0.29) is 6.79 Å². The van der Waals surface area contributed by atoms with Crippen molar-refractivity contribution in [2.45, 2.75) is 26.8 Å². The number of benzene rings is 2. The maximum Gasteiger partial charge on any atom is 0.232 e. The Hall–Kier alpha value is -3.79. The van der Waals surface area contributed by atoms with Crippen molar-refractivity contribution in [1.29, 1.82) is 0 Å². The van der Waals surface area contributed by atoms with Crippen LogP contribution in [0.15, 0.2) is 54.6 Å². The van der Waals surface area contributed by atoms with Gasteiger partial charge >= 0.3 is 0 Å². The van der Waals surface area contributed by atoms with Gasteiger partial charge in [-0.25, -0.2) is 0 Å². The highest BCUT2D eigenvalue weighted by Gasteiger charge is 2.26. The van der Waals surface area contributed by atoms with Crippen LogP contribution in [0.1, 0.15) is 25.8 Å². The number of fused-ring (bicyclic) bond motifs is 1. The van der Waals surface area contributed by atoms with Crippen LogP contribution in [0.25, 0.3) is 0 Å². The van der Waals surface area contributed by atoms with Crippen molar-refractivity contribution in [3.8, 4) is 11.5 Å². The number of ether oxygens (including phenoxy) is 2. The Morgan fingerprint density at radius 3 is 2.27 bits per heavy atom. The fourth-order valence-corrected chi connectivity index (χ4v) is 6.03. The van der Waals surface area contributed by atoms with E-state index in [0.717, 1.165) is 68.0 Å². The predicted octanol–water partition coefficient (Wildman–Crippen LogP) is 4.50. The fourth-order valence-electron chi connectivity index (χ4n) is 5.86. The number of anilines is 4. The molecule has 1 aromatic heterocycles. The molecular weight excluding hydrogens is 522 g/mol. The molecule has 0 aliphatic carbocycles. The number of nitrogens with one attached hydrogen (secondary N) is 2. The van der Waals surface area contributed by atoms with Crippen LogP contribution in [0.4, 0.5) is 23.3 Å². The monoisotopic (exact) mass is 559 g/mol. The maximum absolute atomic E-state index is 5.65. The molecule has 0 spiro atoms. The number of para-hydroxylation sites is 1. The Bertz CT molecular complexity index is 1320. The molecular formula is C30H37N7O2S. The van der Waals surface area contributed by atoms with E-state index in [4.69, 9.17) is 31.7 Å². The molecule has 2 atom stereocenters. The van der Waals surface area contributed by atoms with Gasteiger partial charge < -0.3 is 34.8 Å². The summed E-state index contributed by atoms with van der Waals surface area (Å²) in [7, 11) is 0. The molecule has 2 unspecified atom stereocenters. The van der Waals surface area contributed by atoms with E-state index >= 15 is 0 Å². The zero-order chi connectivity index (χ0) is 27.5. The highest BCUT2D eigenvalue weighted by atomic mass is 32.1. The SMILES string of the molecule is CC1CC(C)CN(c2cc(N3CCN(c4ccccc4)CC3)nc(NC(=S)NCc3ccc4c(c3)OCO4)n2)C1. The second kappa shape index (κ2) is 11.8. The second-order valence-electron chi connectivity index (χ2n) is 11.1. The number of rotatable bonds is 6. The first-order chi connectivity index (χ1) is 19.5. The van der Waals surface area contributed by atoms with Gasteiger partial charge in [-0.05, 0) is 60.3 Å². The quantitative estimate of drug-likeness (QED) is 0.422. The summed E-state index contributed by atoms with van der Waals surface area (Å²) in [4.78, 5) is 17.0. The van der Waals surface area contributed by atoms with E-state index in [9.17, 15) is 0 Å². The van der Waals surface area contributed by atoms with E-state index in [1.54, 1.807) is 0 Å². The lowest BCUT2D eigenvalue weighted by molar-refractivity contribution is 0.174. The average molecular weight is 560 g/mol. The molecule has 2 aromatic carbocycles. The van der Waals surface area contributed by atoms with Crippen LogP contribution in [-0.4, -0.2) is 61.1 Å². The molecule has 9 nitrogen and oxygen atoms in total. The molecule has 0 amide bonds. The molecule has 3 aliphatic rings. The summed E-state index contributed by atoms with van der Waals surface area (Å²) in [6, 6.07) is 18.7. The minimum Gasteiger partial charge on any atom is -0.454 e. The molecule has 3 aliphatic heterocycles. The Morgan fingerprint density at radius 2 is 1.52 bits per heavy atom. The largest absolute Gasteiger partial charge is 0.454 e. The van der Waals surface area contributed by atoms with Crippen LogP contribution in [0.3, 0.4) is 0 Å². The molecule has 40 heavy (non-hydrogen) atoms. The van der Waals surface area contributed by atoms with Crippen LogP contribution < -0.4 is 34.8 Å². The minimum absolute atomic E-state index is 0.262. The third-order valence-corrected chi connectivity index (χ3v) is 7.98. The van der Waals surface area contributed by atoms with Gasteiger partial charge in [0.1, 0.15) is 11.6 Å². The Morgan fingerprint density at radius 1 is 0.850 bits per heavy atom. The number of piperazine rings is 1. The van der Waals surface area contributed by atoms with Crippen molar-refractivity contribution in [1.82, 2.24) is 15.3 Å². The first-order valence-electron chi connectivity index (χ1n) is 14.1. The molecule has 3 aromatic rings. The molecule has 2 fully saturated rings. The molecule has 0 bridgehead atoms. The van der Waals surface area contributed by atoms with Crippen molar-refractivity contribution in [3.63, 3.8) is 0 Å². The summed E-state index contributed by atoms with van der Waals surface area (Å²) in [5.41, 5.74) is 2.32. The van der Waals surface area contributed by atoms with E-state index in [1.165, 1.54) is 12.1 Å². The first kappa shape index (κ1) is 26.4. The number of nitrogens with zero attached hydrogens (tertiary/aromatic N) is 5. The van der Waals surface area contributed by atoms with Crippen molar-refractivity contribution >= 4 is 40.6 Å². The molecule has 6 rings (SSSR count). The molecule has 210 valence electrons. The molecule has 10 heteroatoms. The first-order valence-corrected chi connectivity index (χ1v) is 14.5. The van der Waals surface area contributed by atoms with Crippen LogP contribution in [0.5, 0.6) is 11.5 Å². The van der Waals surface area contributed by atoms with Crippen molar-refractivity contribution in [2.24, 2.45) is 11.8 Å². The van der Waals surface area contributed by atoms with Crippen LogP contribution >= 0.6 is 12.2 Å². The standard InChI is InChI=1S/C30H37N7O2S/c1-21-14-22(2)19-37(18-21)28-16-27(36-12-10-35(11-13-36)24-6-4-3-5-7-24)32-29(33-28)34-30(40)31-17-23-8-9-25-26(15-23)39-20-38-25/h3-9,15-16,21-22H,10-14,17-20H2,1-2H3,(H2,31,32,33,34,40). The highest BCUT2D eigenvalue weighted by molar-refractivity contribution is 7.80. The lowest BCUT2D eigenvalue weighted by Crippen LogP contribution is -2.47. The number of piperidine rings is 1. The summed E-state index contributed by atoms with van der Waals surface area (Å²) >= 11 is 5.65. The fraction of sp³-hybridized carbons (Fsp3) is 0.433. The third kappa shape index (κ3) is 6.17. The maximum atomic E-state index is 5.65. The smallest absolute Gasteiger partial charge is 0.232 e. The molecule has 2 N–H and O–H groups in total. The van der Waals surface area contributed by atoms with Gasteiger partial charge in [0.15, 0.2) is 16.6 Å². The Balaban J connectivity index is 1.17. The van der Waals surface area contributed by atoms with Crippen molar-refractivity contribution in [2.75, 3.05) is 66.1 Å². The summed E-state index contributed by atoms with van der Waals surface area (Å²) in [6.07, 6.45) is 1.24. The minimum atomic E-state index is 0.262. The van der Waals surface area contributed by atoms with E-state index in [1.807, 2.05) is 18.2 Å². The van der Waals surface area contributed by atoms with Gasteiger partial charge in [0, 0.05) is 57.6 Å². The Labute approximate surface area is 241 Å². The van der Waals surface area contributed by atoms with Gasteiger partial charge in [0.2, 0.25) is 12.7 Å². The lowest BCUT2D eigenvalue weighted by Gasteiger charge is -2.38. The van der Waals surface area contributed by atoms with Crippen LogP contribution in [0, 0.1) is 11.8 Å². The van der Waals surface area contributed by atoms with Gasteiger partial charge in [0.05, 0.1) is 0 Å². The van der Waals surface area contributed by atoms with Crippen molar-refractivity contribution < 1.29 is 9.47 Å². The zero-order valence-corrected chi connectivity index (χ0v) is 24.0. The van der Waals surface area contributed by atoms with E-state index in [2.05, 4.69) is 75.6 Å². The molecule has 0 saturated carbocycles. The topological polar surface area (TPSA) is 78.0 Å². The van der Waals surface area contributed by atoms with Gasteiger partial charge in [-0.3, -0.25) is 0 Å². The summed E-state index contributed by atoms with van der Waals surface area (Å²) in [5, 5.41) is 7.03. The molecule has 4 heterocycles. The van der Waals surface area contributed by atoms with Gasteiger partial charge in [-0.1, -0.05) is 38.1 Å². The molecule has 2 saturated heterocycles. The summed E-state index contributed by atoms with van der Waals surface area (Å²) in [5.74, 6) is 5.19. The number of aromatic nitrogens is 2. The number of hydrogen-bond donors (Lipinski definition) is 2. The third-order valence-electron chi connectivity index (χ3n) is 7.73.